The quantitative estimate of drug-likeness (QED) is 0.769. The van der Waals surface area contributed by atoms with Gasteiger partial charge in [0.05, 0.1) is 19.8 Å². The molecule has 0 bridgehead atoms. The van der Waals surface area contributed by atoms with Crippen LogP contribution in [0.4, 0.5) is 5.82 Å². The van der Waals surface area contributed by atoms with Crippen molar-refractivity contribution in [1.29, 1.82) is 0 Å². The standard InChI is InChI=1S/C10H13ClN2O2/c11-10-8(7-14)1-2-9(12-10)13-3-5-15-6-4-13/h1-2,14H,3-7H2. The Hall–Kier alpha value is -0.840. The highest BCUT2D eigenvalue weighted by molar-refractivity contribution is 6.30. The number of nitrogens with zero attached hydrogens (tertiary/aromatic N) is 2. The van der Waals surface area contributed by atoms with E-state index in [9.17, 15) is 0 Å². The predicted octanol–water partition coefficient (Wildman–Crippen LogP) is 1.06. The number of hydrogen-bond donors (Lipinski definition) is 1. The summed E-state index contributed by atoms with van der Waals surface area (Å²) < 4.78 is 5.25. The first-order chi connectivity index (χ1) is 7.31. The molecule has 1 N–H and O–H groups in total. The molecule has 15 heavy (non-hydrogen) atoms. The fraction of sp³-hybridized carbons (Fsp3) is 0.500. The molecule has 1 aromatic heterocycles. The van der Waals surface area contributed by atoms with Crippen molar-refractivity contribution in [3.8, 4) is 0 Å². The van der Waals surface area contributed by atoms with E-state index in [0.717, 1.165) is 32.1 Å². The minimum atomic E-state index is -0.0742. The summed E-state index contributed by atoms with van der Waals surface area (Å²) in [6.45, 7) is 3.04. The number of rotatable bonds is 2. The van der Waals surface area contributed by atoms with Gasteiger partial charge in [0.25, 0.3) is 0 Å². The second-order valence-electron chi connectivity index (χ2n) is 3.38. The molecule has 4 nitrogen and oxygen atoms in total. The van der Waals surface area contributed by atoms with Gasteiger partial charge in [0.2, 0.25) is 0 Å². The zero-order valence-electron chi connectivity index (χ0n) is 8.32. The van der Waals surface area contributed by atoms with E-state index in [1.807, 2.05) is 6.07 Å². The van der Waals surface area contributed by atoms with E-state index >= 15 is 0 Å². The van der Waals surface area contributed by atoms with Crippen molar-refractivity contribution in [2.45, 2.75) is 6.61 Å². The van der Waals surface area contributed by atoms with Crippen molar-refractivity contribution in [1.82, 2.24) is 4.98 Å². The summed E-state index contributed by atoms with van der Waals surface area (Å²) in [5.41, 5.74) is 0.661. The van der Waals surface area contributed by atoms with Crippen molar-refractivity contribution in [2.24, 2.45) is 0 Å². The topological polar surface area (TPSA) is 45.6 Å². The van der Waals surface area contributed by atoms with Crippen molar-refractivity contribution in [3.63, 3.8) is 0 Å². The number of ether oxygens (including phenoxy) is 1. The maximum atomic E-state index is 8.96. The van der Waals surface area contributed by atoms with E-state index in [4.69, 9.17) is 21.4 Å². The van der Waals surface area contributed by atoms with Crippen molar-refractivity contribution in [3.05, 3.63) is 22.8 Å². The Bertz CT molecular complexity index is 340. The number of pyridine rings is 1. The van der Waals surface area contributed by atoms with Crippen molar-refractivity contribution < 1.29 is 9.84 Å². The fourth-order valence-corrected chi connectivity index (χ4v) is 1.75. The molecule has 0 radical (unpaired) electrons. The summed E-state index contributed by atoms with van der Waals surface area (Å²) in [4.78, 5) is 6.37. The maximum absolute atomic E-state index is 8.96. The first-order valence-corrected chi connectivity index (χ1v) is 5.28. The molecule has 2 rings (SSSR count). The van der Waals surface area contributed by atoms with Crippen LogP contribution < -0.4 is 4.90 Å². The van der Waals surface area contributed by atoms with Gasteiger partial charge in [0.15, 0.2) is 0 Å². The van der Waals surface area contributed by atoms with Gasteiger partial charge in [0.1, 0.15) is 11.0 Å². The Labute approximate surface area is 93.4 Å². The predicted molar refractivity (Wildman–Crippen MR) is 58.2 cm³/mol. The summed E-state index contributed by atoms with van der Waals surface area (Å²) in [5, 5.41) is 9.34. The van der Waals surface area contributed by atoms with Crippen LogP contribution in [0.5, 0.6) is 0 Å². The number of morpholine rings is 1. The highest BCUT2D eigenvalue weighted by atomic mass is 35.5. The molecule has 1 aromatic rings. The van der Waals surface area contributed by atoms with Gasteiger partial charge in [-0.2, -0.15) is 0 Å². The minimum absolute atomic E-state index is 0.0742. The molecule has 0 unspecified atom stereocenters. The second-order valence-corrected chi connectivity index (χ2v) is 3.73. The number of anilines is 1. The summed E-state index contributed by atoms with van der Waals surface area (Å²) >= 11 is 5.92. The number of aromatic nitrogens is 1. The van der Waals surface area contributed by atoms with E-state index in [2.05, 4.69) is 9.88 Å². The van der Waals surface area contributed by atoms with Gasteiger partial charge in [-0.05, 0) is 12.1 Å². The molecular formula is C10H13ClN2O2. The first-order valence-electron chi connectivity index (χ1n) is 4.90. The molecule has 0 atom stereocenters. The van der Waals surface area contributed by atoms with Crippen LogP contribution in [-0.2, 0) is 11.3 Å². The van der Waals surface area contributed by atoms with Crippen LogP contribution in [0.2, 0.25) is 5.15 Å². The number of aliphatic hydroxyl groups excluding tert-OH is 1. The Kier molecular flexibility index (Phi) is 3.41. The molecule has 1 saturated heterocycles. The molecule has 0 amide bonds. The monoisotopic (exact) mass is 228 g/mol. The minimum Gasteiger partial charge on any atom is -0.392 e. The summed E-state index contributed by atoms with van der Waals surface area (Å²) in [6, 6.07) is 3.68. The van der Waals surface area contributed by atoms with Gasteiger partial charge in [0, 0.05) is 18.7 Å². The lowest BCUT2D eigenvalue weighted by atomic mass is 10.3. The average Bonchev–Trinajstić information content (AvgIpc) is 2.30. The van der Waals surface area contributed by atoms with Crippen molar-refractivity contribution in [2.75, 3.05) is 31.2 Å². The lowest BCUT2D eigenvalue weighted by molar-refractivity contribution is 0.122. The molecule has 5 heteroatoms. The molecule has 0 saturated carbocycles. The Morgan fingerprint density at radius 1 is 1.40 bits per heavy atom. The SMILES string of the molecule is OCc1ccc(N2CCOCC2)nc1Cl. The number of hydrogen-bond acceptors (Lipinski definition) is 4. The first kappa shape index (κ1) is 10.7. The summed E-state index contributed by atoms with van der Waals surface area (Å²) in [6.07, 6.45) is 0. The average molecular weight is 229 g/mol. The van der Waals surface area contributed by atoms with Crippen LogP contribution in [-0.4, -0.2) is 36.4 Å². The molecular weight excluding hydrogens is 216 g/mol. The molecule has 0 aliphatic carbocycles. The van der Waals surface area contributed by atoms with Gasteiger partial charge < -0.3 is 14.7 Å². The molecule has 0 spiro atoms. The number of halogens is 1. The van der Waals surface area contributed by atoms with Crippen LogP contribution in [0.25, 0.3) is 0 Å². The normalized spacial score (nSPS) is 16.8. The van der Waals surface area contributed by atoms with Gasteiger partial charge in [-0.15, -0.1) is 0 Å². The maximum Gasteiger partial charge on any atom is 0.136 e. The summed E-state index contributed by atoms with van der Waals surface area (Å²) in [5.74, 6) is 0.848. The van der Waals surface area contributed by atoms with Gasteiger partial charge in [-0.3, -0.25) is 0 Å². The molecule has 1 aliphatic rings. The number of aliphatic hydroxyl groups is 1. The molecule has 1 fully saturated rings. The molecule has 82 valence electrons. The van der Waals surface area contributed by atoms with E-state index in [-0.39, 0.29) is 6.61 Å². The zero-order chi connectivity index (χ0) is 10.7. The van der Waals surface area contributed by atoms with Crippen LogP contribution in [0.3, 0.4) is 0 Å². The smallest absolute Gasteiger partial charge is 0.136 e. The Balaban J connectivity index is 2.17. The van der Waals surface area contributed by atoms with Gasteiger partial charge in [-0.25, -0.2) is 4.98 Å². The highest BCUT2D eigenvalue weighted by Crippen LogP contribution is 2.19. The zero-order valence-corrected chi connectivity index (χ0v) is 9.07. The van der Waals surface area contributed by atoms with E-state index in [1.54, 1.807) is 6.07 Å². The Morgan fingerprint density at radius 2 is 2.13 bits per heavy atom. The third-order valence-corrected chi connectivity index (χ3v) is 2.74. The van der Waals surface area contributed by atoms with E-state index in [0.29, 0.717) is 10.7 Å². The van der Waals surface area contributed by atoms with Crippen LogP contribution in [0.15, 0.2) is 12.1 Å². The van der Waals surface area contributed by atoms with Crippen molar-refractivity contribution >= 4 is 17.4 Å². The molecule has 0 aromatic carbocycles. The lowest BCUT2D eigenvalue weighted by Crippen LogP contribution is -2.36. The summed E-state index contributed by atoms with van der Waals surface area (Å²) in [7, 11) is 0. The molecule has 1 aliphatic heterocycles. The van der Waals surface area contributed by atoms with Crippen LogP contribution in [0, 0.1) is 0 Å². The molecule has 2 heterocycles. The fourth-order valence-electron chi connectivity index (χ4n) is 1.54. The van der Waals surface area contributed by atoms with Gasteiger partial charge >= 0.3 is 0 Å². The van der Waals surface area contributed by atoms with Crippen LogP contribution >= 0.6 is 11.6 Å². The largest absolute Gasteiger partial charge is 0.392 e. The van der Waals surface area contributed by atoms with Gasteiger partial charge in [-0.1, -0.05) is 11.6 Å². The van der Waals surface area contributed by atoms with Crippen LogP contribution in [0.1, 0.15) is 5.56 Å². The lowest BCUT2D eigenvalue weighted by Gasteiger charge is -2.27. The Morgan fingerprint density at radius 3 is 2.73 bits per heavy atom. The highest BCUT2D eigenvalue weighted by Gasteiger charge is 2.13. The second kappa shape index (κ2) is 4.79. The van der Waals surface area contributed by atoms with E-state index in [1.165, 1.54) is 0 Å². The third kappa shape index (κ3) is 2.40. The van der Waals surface area contributed by atoms with E-state index < -0.39 is 0 Å². The third-order valence-electron chi connectivity index (χ3n) is 2.42.